The second-order valence-corrected chi connectivity index (χ2v) is 21.8. The highest BCUT2D eigenvalue weighted by Crippen LogP contribution is 2.19. The monoisotopic (exact) mass is 962 g/mol. The predicted molar refractivity (Wildman–Crippen MR) is 297 cm³/mol. The lowest BCUT2D eigenvalue weighted by molar-refractivity contribution is -0.143. The van der Waals surface area contributed by atoms with E-state index in [-0.39, 0.29) is 18.5 Å². The van der Waals surface area contributed by atoms with Crippen LogP contribution in [0.25, 0.3) is 0 Å². The van der Waals surface area contributed by atoms with Crippen LogP contribution in [0.1, 0.15) is 361 Å². The highest BCUT2D eigenvalue weighted by Gasteiger charge is 2.20. The summed E-state index contributed by atoms with van der Waals surface area (Å²) >= 11 is 0. The molecule has 0 saturated heterocycles. The maximum Gasteiger partial charge on any atom is 0.305 e. The Labute approximate surface area is 426 Å². The number of carbonyl (C=O) groups is 2. The zero-order chi connectivity index (χ0) is 49.3. The molecule has 3 N–H and O–H groups in total. The van der Waals surface area contributed by atoms with E-state index in [1.807, 2.05) is 0 Å². The van der Waals surface area contributed by atoms with E-state index in [1.54, 1.807) is 0 Å². The van der Waals surface area contributed by atoms with Gasteiger partial charge in [0.25, 0.3) is 0 Å². The molecule has 0 aromatic rings. The zero-order valence-corrected chi connectivity index (χ0v) is 46.4. The fraction of sp³-hybridized carbons (Fsp3) is 0.968. The minimum absolute atomic E-state index is 0.0185. The van der Waals surface area contributed by atoms with Crippen LogP contribution in [0.4, 0.5) is 0 Å². The highest BCUT2D eigenvalue weighted by molar-refractivity contribution is 5.76. The van der Waals surface area contributed by atoms with Crippen LogP contribution in [0.5, 0.6) is 0 Å². The molecule has 1 amide bonds. The fourth-order valence-corrected chi connectivity index (χ4v) is 10.1. The van der Waals surface area contributed by atoms with Gasteiger partial charge in [0.1, 0.15) is 0 Å². The van der Waals surface area contributed by atoms with Crippen molar-refractivity contribution in [2.45, 2.75) is 373 Å². The van der Waals surface area contributed by atoms with Gasteiger partial charge in [0.2, 0.25) is 5.91 Å². The van der Waals surface area contributed by atoms with Gasteiger partial charge < -0.3 is 20.3 Å². The first-order valence-corrected chi connectivity index (χ1v) is 31.3. The van der Waals surface area contributed by atoms with Crippen molar-refractivity contribution < 1.29 is 24.5 Å². The lowest BCUT2D eigenvalue weighted by Crippen LogP contribution is -2.45. The number of rotatable bonds is 59. The largest absolute Gasteiger partial charge is 0.466 e. The summed E-state index contributed by atoms with van der Waals surface area (Å²) < 4.78 is 5.47. The third-order valence-electron chi connectivity index (χ3n) is 14.9. The number of unbranched alkanes of at least 4 members (excludes halogenated alkanes) is 48. The van der Waals surface area contributed by atoms with Gasteiger partial charge in [0, 0.05) is 12.8 Å². The Hall–Kier alpha value is -1.14. The molecule has 0 saturated carbocycles. The van der Waals surface area contributed by atoms with Crippen molar-refractivity contribution in [1.82, 2.24) is 5.32 Å². The van der Waals surface area contributed by atoms with Gasteiger partial charge in [-0.2, -0.15) is 0 Å². The maximum absolute atomic E-state index is 12.5. The van der Waals surface area contributed by atoms with Crippen molar-refractivity contribution in [3.05, 3.63) is 0 Å². The third kappa shape index (κ3) is 54.2. The molecule has 2 atom stereocenters. The zero-order valence-electron chi connectivity index (χ0n) is 46.4. The molecule has 0 aliphatic carbocycles. The average molecular weight is 963 g/mol. The molecule has 0 heterocycles. The summed E-state index contributed by atoms with van der Waals surface area (Å²) in [5.41, 5.74) is 0. The van der Waals surface area contributed by atoms with Crippen LogP contribution >= 0.6 is 0 Å². The molecule has 2 unspecified atom stereocenters. The second kappa shape index (κ2) is 58.4. The highest BCUT2D eigenvalue weighted by atomic mass is 16.5. The van der Waals surface area contributed by atoms with Crippen molar-refractivity contribution in [2.75, 3.05) is 13.2 Å². The number of amides is 1. The van der Waals surface area contributed by atoms with Gasteiger partial charge in [-0.25, -0.2) is 0 Å². The van der Waals surface area contributed by atoms with E-state index < -0.39 is 12.1 Å². The lowest BCUT2D eigenvalue weighted by atomic mass is 10.0. The van der Waals surface area contributed by atoms with Crippen LogP contribution in [-0.4, -0.2) is 47.4 Å². The van der Waals surface area contributed by atoms with Crippen LogP contribution in [-0.2, 0) is 14.3 Å². The summed E-state index contributed by atoms with van der Waals surface area (Å²) in [7, 11) is 0. The molecule has 0 spiro atoms. The fourth-order valence-electron chi connectivity index (χ4n) is 10.1. The molecule has 0 aliphatic heterocycles. The average Bonchev–Trinajstić information content (AvgIpc) is 3.34. The minimum atomic E-state index is -0.660. The van der Waals surface area contributed by atoms with Gasteiger partial charge in [0.15, 0.2) is 0 Å². The Kier molecular flexibility index (Phi) is 57.5. The minimum Gasteiger partial charge on any atom is -0.466 e. The summed E-state index contributed by atoms with van der Waals surface area (Å²) in [5, 5.41) is 23.3. The van der Waals surface area contributed by atoms with Crippen molar-refractivity contribution in [1.29, 1.82) is 0 Å². The van der Waals surface area contributed by atoms with Crippen LogP contribution in [0, 0.1) is 0 Å². The second-order valence-electron chi connectivity index (χ2n) is 21.8. The first kappa shape index (κ1) is 66.9. The van der Waals surface area contributed by atoms with Crippen LogP contribution in [0.15, 0.2) is 0 Å². The Morgan fingerprint density at radius 3 is 0.897 bits per heavy atom. The first-order chi connectivity index (χ1) is 33.5. The number of nitrogens with one attached hydrogen (secondary N) is 1. The van der Waals surface area contributed by atoms with Crippen LogP contribution < -0.4 is 5.32 Å². The van der Waals surface area contributed by atoms with Gasteiger partial charge in [-0.1, -0.05) is 322 Å². The molecular weight excluding hydrogens is 839 g/mol. The molecule has 0 fully saturated rings. The molecule has 68 heavy (non-hydrogen) atoms. The van der Waals surface area contributed by atoms with E-state index in [0.29, 0.717) is 25.9 Å². The van der Waals surface area contributed by atoms with Crippen LogP contribution in [0.2, 0.25) is 0 Å². The molecular formula is C62H123NO5. The van der Waals surface area contributed by atoms with Gasteiger partial charge in [-0.15, -0.1) is 0 Å². The molecule has 6 nitrogen and oxygen atoms in total. The Morgan fingerprint density at radius 1 is 0.353 bits per heavy atom. The van der Waals surface area contributed by atoms with Crippen LogP contribution in [0.3, 0.4) is 0 Å². The summed E-state index contributed by atoms with van der Waals surface area (Å²) in [6.45, 7) is 4.98. The SMILES string of the molecule is CCCCCCCCCCCCCCCC(O)C(CO)NC(=O)CCCCCCCCCCCCCCCCCCCCCCCCCCCCCOC(=O)CCCCCCCCCCCCC. The molecule has 0 radical (unpaired) electrons. The normalized spacial score (nSPS) is 12.5. The Balaban J connectivity index is 3.32. The van der Waals surface area contributed by atoms with Gasteiger partial charge >= 0.3 is 5.97 Å². The van der Waals surface area contributed by atoms with E-state index in [9.17, 15) is 19.8 Å². The topological polar surface area (TPSA) is 95.9 Å². The predicted octanol–water partition coefficient (Wildman–Crippen LogP) is 19.5. The van der Waals surface area contributed by atoms with Gasteiger partial charge in [-0.05, 0) is 25.7 Å². The number of ether oxygens (including phenoxy) is 1. The van der Waals surface area contributed by atoms with Crippen molar-refractivity contribution in [3.8, 4) is 0 Å². The molecule has 0 bridgehead atoms. The Bertz CT molecular complexity index is 975. The summed E-state index contributed by atoms with van der Waals surface area (Å²) in [6, 6.07) is -0.537. The first-order valence-electron chi connectivity index (χ1n) is 31.3. The van der Waals surface area contributed by atoms with Crippen molar-refractivity contribution in [3.63, 3.8) is 0 Å². The summed E-state index contributed by atoms with van der Waals surface area (Å²) in [4.78, 5) is 24.5. The van der Waals surface area contributed by atoms with Crippen molar-refractivity contribution >= 4 is 11.9 Å². The summed E-state index contributed by atoms with van der Waals surface area (Å²) in [6.07, 6.45) is 68.4. The molecule has 0 aromatic carbocycles. The number of hydrogen-bond donors (Lipinski definition) is 3. The van der Waals surface area contributed by atoms with E-state index in [0.717, 1.165) is 38.5 Å². The van der Waals surface area contributed by atoms with E-state index in [4.69, 9.17) is 4.74 Å². The standard InChI is InChI=1S/C62H123NO5/c1-3-5-7-9-11-13-15-31-35-38-42-46-50-54-60(65)59(58-64)63-61(66)55-51-47-43-39-36-32-29-27-25-23-21-19-17-16-18-20-22-24-26-28-30-33-37-41-45-49-53-57-68-62(67)56-52-48-44-40-34-14-12-10-8-6-4-2/h59-60,64-65H,3-58H2,1-2H3,(H,63,66). The molecule has 0 aliphatic rings. The molecule has 406 valence electrons. The smallest absolute Gasteiger partial charge is 0.305 e. The van der Waals surface area contributed by atoms with E-state index >= 15 is 0 Å². The molecule has 0 rings (SSSR count). The van der Waals surface area contributed by atoms with Crippen molar-refractivity contribution in [2.24, 2.45) is 0 Å². The third-order valence-corrected chi connectivity index (χ3v) is 14.9. The van der Waals surface area contributed by atoms with E-state index in [2.05, 4.69) is 19.2 Å². The quantitative estimate of drug-likeness (QED) is 0.0417. The number of aliphatic hydroxyl groups excluding tert-OH is 2. The summed E-state index contributed by atoms with van der Waals surface area (Å²) in [5.74, 6) is -0.0115. The number of carbonyl (C=O) groups excluding carboxylic acids is 2. The number of hydrogen-bond acceptors (Lipinski definition) is 5. The van der Waals surface area contributed by atoms with Gasteiger partial charge in [0.05, 0.1) is 25.4 Å². The molecule has 0 aromatic heterocycles. The lowest BCUT2D eigenvalue weighted by Gasteiger charge is -2.22. The Morgan fingerprint density at radius 2 is 0.603 bits per heavy atom. The van der Waals surface area contributed by atoms with E-state index in [1.165, 1.54) is 289 Å². The maximum atomic E-state index is 12.5. The molecule has 6 heteroatoms. The number of esters is 1. The number of aliphatic hydroxyl groups is 2. The van der Waals surface area contributed by atoms with Gasteiger partial charge in [-0.3, -0.25) is 9.59 Å².